The maximum atomic E-state index is 7.74. The summed E-state index contributed by atoms with van der Waals surface area (Å²) in [5, 5.41) is 7.74. The zero-order valence-electron chi connectivity index (χ0n) is 17.5. The van der Waals surface area contributed by atoms with Gasteiger partial charge in [0.15, 0.2) is 17.9 Å². The monoisotopic (exact) mass is 405 g/mol. The lowest BCUT2D eigenvalue weighted by Gasteiger charge is -2.22. The smallest absolute Gasteiger partial charge is 0.188 e. The second kappa shape index (κ2) is 18.2. The highest BCUT2D eigenvalue weighted by Gasteiger charge is 2.05. The Morgan fingerprint density at radius 3 is 1.29 bits per heavy atom. The summed E-state index contributed by atoms with van der Waals surface area (Å²) in [6, 6.07) is 0. The molecular weight excluding hydrogens is 362 g/mol. The van der Waals surface area contributed by atoms with Gasteiger partial charge in [-0.2, -0.15) is 0 Å². The lowest BCUT2D eigenvalue weighted by molar-refractivity contribution is 0.378. The van der Waals surface area contributed by atoms with Gasteiger partial charge in [0, 0.05) is 26.2 Å². The first-order valence-electron chi connectivity index (χ1n) is 10.6. The number of unbranched alkanes of at least 4 members (excludes halogenated alkanes) is 10. The molecule has 0 radical (unpaired) electrons. The van der Waals surface area contributed by atoms with Crippen molar-refractivity contribution in [2.75, 3.05) is 26.2 Å². The molecule has 164 valence electrons. The molecule has 0 spiro atoms. The summed E-state index contributed by atoms with van der Waals surface area (Å²) in [4.78, 5) is 9.96. The molecule has 0 saturated carbocycles. The highest BCUT2D eigenvalue weighted by Crippen LogP contribution is 2.09. The third-order valence-corrected chi connectivity index (χ3v) is 4.60. The van der Waals surface area contributed by atoms with E-state index in [1.807, 2.05) is 4.90 Å². The molecule has 9 heteroatoms. The van der Waals surface area contributed by atoms with E-state index in [2.05, 4.69) is 9.98 Å². The highest BCUT2D eigenvalue weighted by atomic mass is 15.7. The Labute approximate surface area is 170 Å². The molecular formula is C19H43N9. The molecule has 0 aliphatic heterocycles. The van der Waals surface area contributed by atoms with E-state index in [0.717, 1.165) is 64.7 Å². The zero-order chi connectivity index (χ0) is 21.0. The molecule has 0 bridgehead atoms. The number of aliphatic imine (C=N–C) groups is 2. The lowest BCUT2D eigenvalue weighted by atomic mass is 10.2. The van der Waals surface area contributed by atoms with Crippen LogP contribution in [0.4, 0.5) is 0 Å². The molecule has 0 saturated heterocycles. The van der Waals surface area contributed by atoms with Crippen LogP contribution in [0.3, 0.4) is 0 Å². The summed E-state index contributed by atoms with van der Waals surface area (Å²) in [7, 11) is 0. The molecule has 0 aliphatic rings. The van der Waals surface area contributed by atoms with Crippen LogP contribution >= 0.6 is 0 Å². The van der Waals surface area contributed by atoms with E-state index in [1.54, 1.807) is 0 Å². The maximum Gasteiger partial charge on any atom is 0.188 e. The maximum absolute atomic E-state index is 7.74. The molecule has 0 fully saturated rings. The molecule has 28 heavy (non-hydrogen) atoms. The topological polar surface area (TPSA) is 182 Å². The average Bonchev–Trinajstić information content (AvgIpc) is 2.62. The number of hydrogen-bond acceptors (Lipinski definition) is 3. The van der Waals surface area contributed by atoms with Gasteiger partial charge in [-0.3, -0.25) is 15.4 Å². The van der Waals surface area contributed by atoms with E-state index < -0.39 is 0 Å². The Kier molecular flexibility index (Phi) is 16.8. The van der Waals surface area contributed by atoms with Crippen LogP contribution in [-0.2, 0) is 0 Å². The average molecular weight is 406 g/mol. The van der Waals surface area contributed by atoms with Gasteiger partial charge in [0.25, 0.3) is 0 Å². The van der Waals surface area contributed by atoms with Crippen molar-refractivity contribution >= 4 is 17.9 Å². The molecule has 0 aromatic carbocycles. The van der Waals surface area contributed by atoms with Crippen molar-refractivity contribution in [3.05, 3.63) is 0 Å². The second-order valence-electron chi connectivity index (χ2n) is 7.23. The van der Waals surface area contributed by atoms with Gasteiger partial charge in [-0.05, 0) is 25.7 Å². The first-order valence-corrected chi connectivity index (χ1v) is 10.6. The first kappa shape index (κ1) is 25.8. The number of nitrogens with zero attached hydrogens (tertiary/aromatic N) is 3. The summed E-state index contributed by atoms with van der Waals surface area (Å²) in [5.74, 6) is 0.536. The van der Waals surface area contributed by atoms with E-state index in [9.17, 15) is 0 Å². The molecule has 9 nitrogen and oxygen atoms in total. The number of guanidine groups is 3. The summed E-state index contributed by atoms with van der Waals surface area (Å²) in [5.41, 5.74) is 26.9. The molecule has 0 aromatic heterocycles. The molecule has 0 rings (SSSR count). The second-order valence-corrected chi connectivity index (χ2v) is 7.23. The standard InChI is InChI=1S/C19H43N9/c20-17(21)26-13-9-5-1-3-7-11-15-28(19(24)25)16-12-8-4-2-6-10-14-27-18(22)23/h1-16H2,(H3,24,25)(H4,20,21,26)(H4,22,23,27)/i13+2,14+2,15+2,16+2. The number of rotatable bonds is 18. The largest absolute Gasteiger partial charge is 0.370 e. The van der Waals surface area contributed by atoms with Gasteiger partial charge in [-0.25, -0.2) is 0 Å². The minimum atomic E-state index is 0.173. The third-order valence-electron chi connectivity index (χ3n) is 4.60. The molecule has 0 atom stereocenters. The van der Waals surface area contributed by atoms with Crippen molar-refractivity contribution in [3.8, 4) is 0 Å². The SMILES string of the molecule is N=C(N)N([14CH2]CCCCCC[14CH2]N=C(N)N)[14CH2]CCCCCC[14CH2]N=C(N)N. The fraction of sp³-hybridized carbons (Fsp3) is 0.842. The number of nitrogens with one attached hydrogen (secondary N) is 1. The Bertz CT molecular complexity index is 407. The molecule has 0 aromatic rings. The molecule has 11 N–H and O–H groups in total. The normalized spacial score (nSPS) is 10.4. The predicted molar refractivity (Wildman–Crippen MR) is 120 cm³/mol. The Morgan fingerprint density at radius 2 is 0.964 bits per heavy atom. The van der Waals surface area contributed by atoms with Crippen molar-refractivity contribution in [3.63, 3.8) is 0 Å². The van der Waals surface area contributed by atoms with Gasteiger partial charge in [0.2, 0.25) is 0 Å². The number of hydrogen-bond donors (Lipinski definition) is 6. The van der Waals surface area contributed by atoms with Crippen LogP contribution in [0.5, 0.6) is 0 Å². The minimum Gasteiger partial charge on any atom is -0.370 e. The van der Waals surface area contributed by atoms with Crippen molar-refractivity contribution in [1.29, 1.82) is 5.41 Å². The Hall–Kier alpha value is -2.19. The predicted octanol–water partition coefficient (Wildman–Crippen LogP) is 1.41. The molecule has 0 heterocycles. The summed E-state index contributed by atoms with van der Waals surface area (Å²) >= 11 is 0. The van der Waals surface area contributed by atoms with E-state index in [-0.39, 0.29) is 17.9 Å². The quantitative estimate of drug-likeness (QED) is 0.114. The molecule has 0 amide bonds. The lowest BCUT2D eigenvalue weighted by Crippen LogP contribution is -2.37. The Balaban J connectivity index is 3.57. The minimum absolute atomic E-state index is 0.173. The summed E-state index contributed by atoms with van der Waals surface area (Å²) < 4.78 is 0. The van der Waals surface area contributed by atoms with Crippen molar-refractivity contribution in [2.24, 2.45) is 38.7 Å². The zero-order valence-corrected chi connectivity index (χ0v) is 17.5. The summed E-state index contributed by atoms with van der Waals surface area (Å²) in [6.07, 6.45) is 13.7. The molecule has 0 unspecified atom stereocenters. The first-order chi connectivity index (χ1) is 13.4. The van der Waals surface area contributed by atoms with Crippen LogP contribution in [0.1, 0.15) is 77.0 Å². The van der Waals surface area contributed by atoms with E-state index >= 15 is 0 Å². The van der Waals surface area contributed by atoms with Crippen LogP contribution in [0, 0.1) is 5.41 Å². The van der Waals surface area contributed by atoms with Gasteiger partial charge in [-0.15, -0.1) is 0 Å². The Morgan fingerprint density at radius 1 is 0.607 bits per heavy atom. The van der Waals surface area contributed by atoms with Crippen LogP contribution in [0.15, 0.2) is 9.98 Å². The number of nitrogens with two attached hydrogens (primary N) is 5. The van der Waals surface area contributed by atoms with E-state index in [1.165, 1.54) is 38.5 Å². The fourth-order valence-corrected chi connectivity index (χ4v) is 3.01. The van der Waals surface area contributed by atoms with Crippen molar-refractivity contribution < 1.29 is 0 Å². The van der Waals surface area contributed by atoms with Crippen molar-refractivity contribution in [1.82, 2.24) is 4.90 Å². The fourth-order valence-electron chi connectivity index (χ4n) is 3.01. The summed E-state index contributed by atoms with van der Waals surface area (Å²) in [6.45, 7) is 3.19. The van der Waals surface area contributed by atoms with Gasteiger partial charge < -0.3 is 33.6 Å². The molecule has 0 aliphatic carbocycles. The van der Waals surface area contributed by atoms with E-state index in [4.69, 9.17) is 34.1 Å². The van der Waals surface area contributed by atoms with Gasteiger partial charge >= 0.3 is 0 Å². The van der Waals surface area contributed by atoms with Gasteiger partial charge in [-0.1, -0.05) is 51.4 Å². The third kappa shape index (κ3) is 18.6. The highest BCUT2D eigenvalue weighted by molar-refractivity contribution is 5.76. The van der Waals surface area contributed by atoms with Crippen LogP contribution in [0.25, 0.3) is 0 Å². The van der Waals surface area contributed by atoms with Crippen LogP contribution in [-0.4, -0.2) is 49.0 Å². The van der Waals surface area contributed by atoms with Crippen LogP contribution in [0.2, 0.25) is 0 Å². The van der Waals surface area contributed by atoms with Gasteiger partial charge in [0.1, 0.15) is 0 Å². The van der Waals surface area contributed by atoms with E-state index in [0.29, 0.717) is 0 Å². The van der Waals surface area contributed by atoms with Gasteiger partial charge in [0.05, 0.1) is 0 Å². The van der Waals surface area contributed by atoms with Crippen LogP contribution < -0.4 is 28.7 Å². The van der Waals surface area contributed by atoms with Crippen molar-refractivity contribution in [2.45, 2.75) is 77.0 Å².